The Morgan fingerprint density at radius 2 is 1.43 bits per heavy atom. The normalized spacial score (nSPS) is 10.7. The van der Waals surface area contributed by atoms with Crippen LogP contribution in [0, 0.1) is 6.61 Å². The fourth-order valence-electron chi connectivity index (χ4n) is 1.43. The molecule has 0 atom stereocenters. The maximum absolute atomic E-state index is 5.44. The number of unbranched alkanes of at least 4 members (excludes halogenated alkanes) is 7. The monoisotopic (exact) mass is 199 g/mol. The quantitative estimate of drug-likeness (QED) is 0.438. The fraction of sp³-hybridized carbons (Fsp3) is 0.923. The third kappa shape index (κ3) is 12.0. The van der Waals surface area contributed by atoms with Gasteiger partial charge in [0.1, 0.15) is 0 Å². The van der Waals surface area contributed by atoms with Crippen LogP contribution >= 0.6 is 0 Å². The molecular formula is C13H27O. The number of ether oxygens (including phenoxy) is 1. The first-order valence-corrected chi connectivity index (χ1v) is 6.35. The van der Waals surface area contributed by atoms with Crippen molar-refractivity contribution in [3.63, 3.8) is 0 Å². The van der Waals surface area contributed by atoms with Gasteiger partial charge in [-0.1, -0.05) is 58.8 Å². The molecule has 0 aliphatic carbocycles. The number of hydrogen-bond donors (Lipinski definition) is 0. The van der Waals surface area contributed by atoms with Crippen LogP contribution in [0.4, 0.5) is 0 Å². The molecule has 0 spiro atoms. The maximum Gasteiger partial charge on any atom is 0.0836 e. The molecule has 0 heterocycles. The minimum absolute atomic E-state index is 0.924. The summed E-state index contributed by atoms with van der Waals surface area (Å²) in [7, 11) is 0. The van der Waals surface area contributed by atoms with Crippen LogP contribution in [0.3, 0.4) is 0 Å². The highest BCUT2D eigenvalue weighted by Crippen LogP contribution is 2.05. The molecule has 0 saturated heterocycles. The lowest BCUT2D eigenvalue weighted by Crippen LogP contribution is -1.92. The smallest absolute Gasteiger partial charge is 0.0836 e. The van der Waals surface area contributed by atoms with E-state index < -0.39 is 0 Å². The van der Waals surface area contributed by atoms with Gasteiger partial charge in [-0.15, -0.1) is 0 Å². The molecule has 0 aliphatic rings. The zero-order valence-corrected chi connectivity index (χ0v) is 10.1. The average molecular weight is 199 g/mol. The topological polar surface area (TPSA) is 9.23 Å². The largest absolute Gasteiger partial charge is 0.376 e. The Morgan fingerprint density at radius 1 is 0.786 bits per heavy atom. The Bertz CT molecular complexity index is 79.2. The molecule has 1 radical (unpaired) electrons. The summed E-state index contributed by atoms with van der Waals surface area (Å²) in [6.07, 6.45) is 11.7. The molecule has 14 heavy (non-hydrogen) atoms. The van der Waals surface area contributed by atoms with Crippen LogP contribution in [-0.4, -0.2) is 6.61 Å². The summed E-state index contributed by atoms with van der Waals surface area (Å²) in [5.74, 6) is 0. The highest BCUT2D eigenvalue weighted by atomic mass is 16.5. The molecule has 85 valence electrons. The van der Waals surface area contributed by atoms with E-state index in [1.165, 1.54) is 51.4 Å². The van der Waals surface area contributed by atoms with E-state index in [1.54, 1.807) is 0 Å². The average Bonchev–Trinajstić information content (AvgIpc) is 2.21. The third-order valence-electron chi connectivity index (χ3n) is 2.41. The van der Waals surface area contributed by atoms with Crippen molar-refractivity contribution in [3.8, 4) is 0 Å². The first-order valence-electron chi connectivity index (χ1n) is 6.35. The summed E-state index contributed by atoms with van der Waals surface area (Å²) in [5, 5.41) is 0. The van der Waals surface area contributed by atoms with Gasteiger partial charge >= 0.3 is 0 Å². The zero-order valence-electron chi connectivity index (χ0n) is 10.1. The van der Waals surface area contributed by atoms with Crippen LogP contribution < -0.4 is 0 Å². The highest BCUT2D eigenvalue weighted by molar-refractivity contribution is 4.52. The van der Waals surface area contributed by atoms with Crippen LogP contribution in [0.1, 0.15) is 71.6 Å². The van der Waals surface area contributed by atoms with Crippen LogP contribution in [0.5, 0.6) is 0 Å². The molecule has 0 rings (SSSR count). The highest BCUT2D eigenvalue weighted by Gasteiger charge is 1.91. The van der Waals surface area contributed by atoms with Gasteiger partial charge in [0.15, 0.2) is 0 Å². The first kappa shape index (κ1) is 14.0. The molecule has 0 N–H and O–H groups in total. The van der Waals surface area contributed by atoms with E-state index in [4.69, 9.17) is 4.74 Å². The van der Waals surface area contributed by atoms with Crippen molar-refractivity contribution >= 4 is 0 Å². The lowest BCUT2D eigenvalue weighted by molar-refractivity contribution is 0.184. The predicted octanol–water partition coefficient (Wildman–Crippen LogP) is 4.72. The molecule has 0 amide bonds. The Balaban J connectivity index is 2.78. The van der Waals surface area contributed by atoms with Crippen molar-refractivity contribution in [1.29, 1.82) is 0 Å². The molecule has 0 unspecified atom stereocenters. The summed E-state index contributed by atoms with van der Waals surface area (Å²) < 4.78 is 5.44. The zero-order chi connectivity index (χ0) is 10.5. The minimum atomic E-state index is 0.924. The van der Waals surface area contributed by atoms with Gasteiger partial charge in [0.2, 0.25) is 0 Å². The van der Waals surface area contributed by atoms with E-state index >= 15 is 0 Å². The summed E-state index contributed by atoms with van der Waals surface area (Å²) in [6.45, 7) is 7.41. The molecule has 1 heteroatoms. The van der Waals surface area contributed by atoms with Crippen molar-refractivity contribution in [2.75, 3.05) is 6.61 Å². The van der Waals surface area contributed by atoms with Gasteiger partial charge in [-0.2, -0.15) is 0 Å². The number of hydrogen-bond acceptors (Lipinski definition) is 1. The van der Waals surface area contributed by atoms with E-state index in [2.05, 4.69) is 13.8 Å². The summed E-state index contributed by atoms with van der Waals surface area (Å²) >= 11 is 0. The second-order valence-electron chi connectivity index (χ2n) is 3.95. The second-order valence-corrected chi connectivity index (χ2v) is 3.95. The van der Waals surface area contributed by atoms with Gasteiger partial charge in [-0.3, -0.25) is 0 Å². The van der Waals surface area contributed by atoms with Gasteiger partial charge < -0.3 is 4.74 Å². The maximum atomic E-state index is 5.44. The standard InChI is InChI=1S/C13H27O/c1-3-5-7-9-11-13-14-12-10-8-6-4-2/h13H,3-12H2,1-2H3. The van der Waals surface area contributed by atoms with Crippen molar-refractivity contribution < 1.29 is 4.74 Å². The van der Waals surface area contributed by atoms with Gasteiger partial charge in [-0.05, 0) is 12.8 Å². The van der Waals surface area contributed by atoms with Crippen LogP contribution in [0.2, 0.25) is 0 Å². The predicted molar refractivity (Wildman–Crippen MR) is 63.2 cm³/mol. The van der Waals surface area contributed by atoms with Crippen LogP contribution in [-0.2, 0) is 4.74 Å². The summed E-state index contributed by atoms with van der Waals surface area (Å²) in [6, 6.07) is 0. The SMILES string of the molecule is CCCCCC[CH]OCCCCCC. The van der Waals surface area contributed by atoms with Crippen LogP contribution in [0.25, 0.3) is 0 Å². The van der Waals surface area contributed by atoms with Gasteiger partial charge in [-0.25, -0.2) is 0 Å². The van der Waals surface area contributed by atoms with Gasteiger partial charge in [0.05, 0.1) is 6.61 Å². The molecule has 1 nitrogen and oxygen atoms in total. The summed E-state index contributed by atoms with van der Waals surface area (Å²) in [4.78, 5) is 0. The Labute approximate surface area is 90.2 Å². The lowest BCUT2D eigenvalue weighted by atomic mass is 10.2. The molecule has 0 bridgehead atoms. The summed E-state index contributed by atoms with van der Waals surface area (Å²) in [5.41, 5.74) is 0. The van der Waals surface area contributed by atoms with Crippen molar-refractivity contribution in [2.24, 2.45) is 0 Å². The van der Waals surface area contributed by atoms with Crippen molar-refractivity contribution in [2.45, 2.75) is 71.6 Å². The third-order valence-corrected chi connectivity index (χ3v) is 2.41. The van der Waals surface area contributed by atoms with E-state index in [-0.39, 0.29) is 0 Å². The van der Waals surface area contributed by atoms with Gasteiger partial charge in [0.25, 0.3) is 0 Å². The molecule has 0 aromatic carbocycles. The van der Waals surface area contributed by atoms with E-state index in [1.807, 2.05) is 6.61 Å². The Hall–Kier alpha value is -0.0400. The second kappa shape index (κ2) is 13.0. The molecule has 0 saturated carbocycles. The minimum Gasteiger partial charge on any atom is -0.376 e. The molecule has 0 aromatic rings. The van der Waals surface area contributed by atoms with E-state index in [9.17, 15) is 0 Å². The molecule has 0 aliphatic heterocycles. The van der Waals surface area contributed by atoms with Crippen molar-refractivity contribution in [3.05, 3.63) is 6.61 Å². The van der Waals surface area contributed by atoms with Gasteiger partial charge in [0, 0.05) is 6.61 Å². The van der Waals surface area contributed by atoms with E-state index in [0.717, 1.165) is 13.0 Å². The number of rotatable bonds is 11. The Kier molecular flexibility index (Phi) is 12.9. The van der Waals surface area contributed by atoms with Crippen molar-refractivity contribution in [1.82, 2.24) is 0 Å². The molecule has 0 aromatic heterocycles. The fourth-order valence-corrected chi connectivity index (χ4v) is 1.43. The van der Waals surface area contributed by atoms with E-state index in [0.29, 0.717) is 0 Å². The molecular weight excluding hydrogens is 172 g/mol. The lowest BCUT2D eigenvalue weighted by Gasteiger charge is -2.02. The van der Waals surface area contributed by atoms with Crippen LogP contribution in [0.15, 0.2) is 0 Å². The first-order chi connectivity index (χ1) is 6.91. The molecule has 0 fully saturated rings. The Morgan fingerprint density at radius 3 is 2.07 bits per heavy atom.